The van der Waals surface area contributed by atoms with Gasteiger partial charge in [0.25, 0.3) is 0 Å². The van der Waals surface area contributed by atoms with Crippen molar-refractivity contribution in [3.63, 3.8) is 0 Å². The van der Waals surface area contributed by atoms with Crippen molar-refractivity contribution in [2.24, 2.45) is 5.16 Å². The van der Waals surface area contributed by atoms with E-state index in [2.05, 4.69) is 17.0 Å². The minimum atomic E-state index is -1.10. The quantitative estimate of drug-likeness (QED) is 0.216. The van der Waals surface area contributed by atoms with Crippen LogP contribution in [0.4, 0.5) is 4.79 Å². The summed E-state index contributed by atoms with van der Waals surface area (Å²) in [6.45, 7) is 5.99. The van der Waals surface area contributed by atoms with Gasteiger partial charge in [0.15, 0.2) is 0 Å². The molecule has 2 saturated heterocycles. The molecule has 11 heteroatoms. The van der Waals surface area contributed by atoms with Gasteiger partial charge < -0.3 is 25.1 Å². The molecular weight excluding hydrogens is 319 g/mol. The Labute approximate surface area is 139 Å². The molecule has 0 aromatic rings. The lowest BCUT2D eigenvalue weighted by atomic mass is 9.89. The van der Waals surface area contributed by atoms with Gasteiger partial charge in [0.05, 0.1) is 18.9 Å². The molecule has 2 atom stereocenters. The monoisotopic (exact) mass is 340 g/mol. The first kappa shape index (κ1) is 18.2. The maximum absolute atomic E-state index is 12.3. The van der Waals surface area contributed by atoms with Crippen LogP contribution in [0.25, 0.3) is 0 Å². The van der Waals surface area contributed by atoms with Gasteiger partial charge in [-0.05, 0) is 6.82 Å². The van der Waals surface area contributed by atoms with E-state index in [4.69, 9.17) is 14.7 Å². The third-order valence-corrected chi connectivity index (χ3v) is 3.68. The molecule has 0 radical (unpaired) electrons. The molecule has 0 saturated carbocycles. The molecule has 2 aliphatic rings. The van der Waals surface area contributed by atoms with Gasteiger partial charge in [-0.2, -0.15) is 5.06 Å². The summed E-state index contributed by atoms with van der Waals surface area (Å²) in [7, 11) is -0.656. The van der Waals surface area contributed by atoms with Crippen LogP contribution < -0.4 is 5.23 Å². The molecule has 24 heavy (non-hydrogen) atoms. The molecule has 0 aromatic heterocycles. The van der Waals surface area contributed by atoms with Crippen molar-refractivity contribution < 1.29 is 29.4 Å². The van der Waals surface area contributed by atoms with Crippen molar-refractivity contribution in [3.05, 3.63) is 12.7 Å². The molecule has 2 aliphatic heterocycles. The van der Waals surface area contributed by atoms with Gasteiger partial charge in [0, 0.05) is 13.0 Å². The lowest BCUT2D eigenvalue weighted by Gasteiger charge is -2.28. The maximum Gasteiger partial charge on any atom is 0.373 e. The van der Waals surface area contributed by atoms with E-state index in [1.54, 1.807) is 6.82 Å². The van der Waals surface area contributed by atoms with Crippen molar-refractivity contribution in [1.29, 1.82) is 0 Å². The zero-order valence-electron chi connectivity index (χ0n) is 13.4. The van der Waals surface area contributed by atoms with Crippen molar-refractivity contribution in [1.82, 2.24) is 15.2 Å². The number of nitrogens with one attached hydrogen (secondary N) is 1. The Morgan fingerprint density at radius 1 is 1.62 bits per heavy atom. The van der Waals surface area contributed by atoms with Gasteiger partial charge in [-0.3, -0.25) is 4.84 Å². The summed E-state index contributed by atoms with van der Waals surface area (Å²) in [6.07, 6.45) is 1.57. The van der Waals surface area contributed by atoms with Crippen LogP contribution in [-0.4, -0.2) is 83.2 Å². The molecule has 132 valence electrons. The standard InChI is InChI=1S/C13H21BN4O6/c1-3-5-24-18-11-8-17(13(18)21)10(12(19)20)7-9(11)16-23-6-4-15-14(2)22/h3,10-11,15,22H,1,4-8H2,2H3,(H,19,20)/b16-9-/t10-,11-/m0/s1. The van der Waals surface area contributed by atoms with Crippen LogP contribution >= 0.6 is 0 Å². The number of rotatable bonds is 9. The van der Waals surface area contributed by atoms with Gasteiger partial charge in [0.1, 0.15) is 18.7 Å². The van der Waals surface area contributed by atoms with Gasteiger partial charge in [-0.15, -0.1) is 6.58 Å². The van der Waals surface area contributed by atoms with Crippen molar-refractivity contribution in [2.75, 3.05) is 26.3 Å². The summed E-state index contributed by atoms with van der Waals surface area (Å²) in [5, 5.41) is 26.3. The lowest BCUT2D eigenvalue weighted by molar-refractivity contribution is -0.142. The summed E-state index contributed by atoms with van der Waals surface area (Å²) >= 11 is 0. The van der Waals surface area contributed by atoms with E-state index in [1.165, 1.54) is 11.0 Å². The summed E-state index contributed by atoms with van der Waals surface area (Å²) in [4.78, 5) is 35.5. The number of piperidine rings is 1. The molecule has 0 spiro atoms. The molecule has 0 unspecified atom stereocenters. The average Bonchev–Trinajstić information content (AvgIpc) is 2.79. The highest BCUT2D eigenvalue weighted by atomic mass is 16.7. The second kappa shape index (κ2) is 8.13. The van der Waals surface area contributed by atoms with Crippen LogP contribution in [0.1, 0.15) is 6.42 Å². The molecule has 10 nitrogen and oxygen atoms in total. The maximum atomic E-state index is 12.3. The summed E-state index contributed by atoms with van der Waals surface area (Å²) in [6, 6.07) is -1.99. The first-order valence-corrected chi connectivity index (χ1v) is 7.62. The average molecular weight is 340 g/mol. The van der Waals surface area contributed by atoms with Gasteiger partial charge in [-0.1, -0.05) is 11.2 Å². The topological polar surface area (TPSA) is 124 Å². The Balaban J connectivity index is 2.06. The molecule has 3 N–H and O–H groups in total. The minimum absolute atomic E-state index is 0.0729. The smallest absolute Gasteiger partial charge is 0.373 e. The number of carboxylic acid groups (broad SMARTS) is 1. The number of fused-ring (bicyclic) bond motifs is 2. The second-order valence-corrected chi connectivity index (χ2v) is 5.47. The number of urea groups is 1. The van der Waals surface area contributed by atoms with Gasteiger partial charge in [-0.25, -0.2) is 9.59 Å². The number of nitrogens with zero attached hydrogens (tertiary/aromatic N) is 3. The zero-order valence-corrected chi connectivity index (χ0v) is 13.4. The highest BCUT2D eigenvalue weighted by molar-refractivity contribution is 6.45. The third-order valence-electron chi connectivity index (χ3n) is 3.68. The van der Waals surface area contributed by atoms with E-state index in [1.807, 2.05) is 0 Å². The lowest BCUT2D eigenvalue weighted by Crippen LogP contribution is -2.48. The highest BCUT2D eigenvalue weighted by Crippen LogP contribution is 2.29. The number of carbonyl (C=O) groups is 2. The first-order chi connectivity index (χ1) is 11.5. The van der Waals surface area contributed by atoms with Crippen LogP contribution in [0.15, 0.2) is 17.8 Å². The molecule has 0 aromatic carbocycles. The molecule has 2 bridgehead atoms. The number of aliphatic carboxylic acids is 1. The number of hydroxylamine groups is 2. The predicted molar refractivity (Wildman–Crippen MR) is 85.1 cm³/mol. The normalized spacial score (nSPS) is 24.4. The fourth-order valence-electron chi connectivity index (χ4n) is 2.58. The van der Waals surface area contributed by atoms with Crippen LogP contribution in [0.3, 0.4) is 0 Å². The van der Waals surface area contributed by atoms with Crippen LogP contribution in [0, 0.1) is 0 Å². The summed E-state index contributed by atoms with van der Waals surface area (Å²) in [5.41, 5.74) is 0.436. The zero-order chi connectivity index (χ0) is 17.7. The molecular formula is C13H21BN4O6. The van der Waals surface area contributed by atoms with Crippen LogP contribution in [0.5, 0.6) is 0 Å². The Kier molecular flexibility index (Phi) is 6.18. The largest absolute Gasteiger partial charge is 0.480 e. The molecule has 0 aliphatic carbocycles. The number of carbonyl (C=O) groups excluding carboxylic acids is 1. The predicted octanol–water partition coefficient (Wildman–Crippen LogP) is -0.860. The number of amides is 2. The SMILES string of the molecule is C=CCON1C(=O)N2C[C@H]1/C(=N\OCCNB(C)O)C[C@H]2C(=O)O. The number of carboxylic acids is 1. The second-order valence-electron chi connectivity index (χ2n) is 5.47. The fraction of sp³-hybridized carbons (Fsp3) is 0.615. The van der Waals surface area contributed by atoms with E-state index >= 15 is 0 Å². The molecule has 2 rings (SSSR count). The van der Waals surface area contributed by atoms with E-state index < -0.39 is 31.1 Å². The van der Waals surface area contributed by atoms with E-state index in [0.29, 0.717) is 12.3 Å². The molecule has 2 heterocycles. The first-order valence-electron chi connectivity index (χ1n) is 7.62. The van der Waals surface area contributed by atoms with Crippen LogP contribution in [0.2, 0.25) is 6.82 Å². The van der Waals surface area contributed by atoms with Crippen molar-refractivity contribution in [3.8, 4) is 0 Å². The van der Waals surface area contributed by atoms with Crippen molar-refractivity contribution >= 4 is 24.8 Å². The van der Waals surface area contributed by atoms with E-state index in [9.17, 15) is 14.7 Å². The van der Waals surface area contributed by atoms with E-state index in [0.717, 1.165) is 5.06 Å². The van der Waals surface area contributed by atoms with E-state index in [-0.39, 0.29) is 26.2 Å². The number of hydrogen-bond acceptors (Lipinski definition) is 7. The number of oxime groups is 1. The van der Waals surface area contributed by atoms with Crippen LogP contribution in [-0.2, 0) is 14.5 Å². The molecule has 2 fully saturated rings. The Bertz CT molecular complexity index is 529. The van der Waals surface area contributed by atoms with Crippen molar-refractivity contribution in [2.45, 2.75) is 25.3 Å². The summed E-state index contributed by atoms with van der Waals surface area (Å²) in [5.74, 6) is -1.10. The van der Waals surface area contributed by atoms with Gasteiger partial charge >= 0.3 is 19.1 Å². The third kappa shape index (κ3) is 4.05. The van der Waals surface area contributed by atoms with Gasteiger partial charge in [0.2, 0.25) is 0 Å². The highest BCUT2D eigenvalue weighted by Gasteiger charge is 2.51. The number of hydrogen-bond donors (Lipinski definition) is 3. The Morgan fingerprint density at radius 3 is 3.00 bits per heavy atom. The Morgan fingerprint density at radius 2 is 2.38 bits per heavy atom. The molecule has 2 amide bonds. The summed E-state index contributed by atoms with van der Waals surface area (Å²) < 4.78 is 0. The Hall–Kier alpha value is -2.11. The minimum Gasteiger partial charge on any atom is -0.480 e. The fourth-order valence-corrected chi connectivity index (χ4v) is 2.58.